The average Bonchev–Trinajstić information content (AvgIpc) is 2.19. The Morgan fingerprint density at radius 2 is 2.07 bits per heavy atom. The molecule has 0 radical (unpaired) electrons. The molecule has 5 heteroatoms. The fourth-order valence-corrected chi connectivity index (χ4v) is 4.20. The first kappa shape index (κ1) is 13.3. The predicted molar refractivity (Wildman–Crippen MR) is 63.7 cm³/mol. The van der Waals surface area contributed by atoms with Crippen LogP contribution in [-0.2, 0) is 10.0 Å². The van der Waals surface area contributed by atoms with Crippen LogP contribution in [0.5, 0.6) is 0 Å². The summed E-state index contributed by atoms with van der Waals surface area (Å²) < 4.78 is 25.6. The van der Waals surface area contributed by atoms with Crippen LogP contribution in [0.25, 0.3) is 0 Å². The van der Waals surface area contributed by atoms with Gasteiger partial charge < -0.3 is 0 Å². The number of halogens is 1. The van der Waals surface area contributed by atoms with Gasteiger partial charge in [0.05, 0.1) is 5.75 Å². The van der Waals surface area contributed by atoms with Gasteiger partial charge in [-0.15, -0.1) is 11.6 Å². The molecule has 15 heavy (non-hydrogen) atoms. The lowest BCUT2D eigenvalue weighted by Crippen LogP contribution is -2.46. The molecule has 1 aliphatic heterocycles. The second-order valence-corrected chi connectivity index (χ2v) is 6.75. The molecule has 1 heterocycles. The van der Waals surface area contributed by atoms with E-state index < -0.39 is 10.0 Å². The summed E-state index contributed by atoms with van der Waals surface area (Å²) >= 11 is 5.53. The largest absolute Gasteiger partial charge is 0.214 e. The summed E-state index contributed by atoms with van der Waals surface area (Å²) in [5, 5.41) is 0. The molecule has 0 aromatic heterocycles. The van der Waals surface area contributed by atoms with Gasteiger partial charge in [-0.2, -0.15) is 4.31 Å². The Balaban J connectivity index is 2.68. The highest BCUT2D eigenvalue weighted by atomic mass is 35.5. The molecule has 1 saturated heterocycles. The third-order valence-corrected chi connectivity index (χ3v) is 5.51. The number of piperidine rings is 1. The predicted octanol–water partition coefficient (Wildman–Crippen LogP) is 2.07. The van der Waals surface area contributed by atoms with Crippen LogP contribution in [0.2, 0.25) is 0 Å². The van der Waals surface area contributed by atoms with Crippen LogP contribution in [0.15, 0.2) is 0 Å². The van der Waals surface area contributed by atoms with Crippen LogP contribution >= 0.6 is 11.6 Å². The van der Waals surface area contributed by atoms with Crippen LogP contribution in [0.3, 0.4) is 0 Å². The van der Waals surface area contributed by atoms with E-state index in [0.717, 1.165) is 12.8 Å². The highest BCUT2D eigenvalue weighted by Gasteiger charge is 2.32. The number of sulfonamides is 1. The van der Waals surface area contributed by atoms with Gasteiger partial charge in [0.1, 0.15) is 0 Å². The van der Waals surface area contributed by atoms with Crippen LogP contribution in [0.1, 0.15) is 33.1 Å². The number of hydrogen-bond donors (Lipinski definition) is 0. The molecule has 0 saturated carbocycles. The molecule has 0 aromatic rings. The first-order valence-electron chi connectivity index (χ1n) is 5.54. The zero-order valence-corrected chi connectivity index (χ0v) is 11.0. The monoisotopic (exact) mass is 253 g/mol. The van der Waals surface area contributed by atoms with Gasteiger partial charge in [0.2, 0.25) is 10.0 Å². The van der Waals surface area contributed by atoms with Gasteiger partial charge >= 0.3 is 0 Å². The summed E-state index contributed by atoms with van der Waals surface area (Å²) in [4.78, 5) is 0. The van der Waals surface area contributed by atoms with Gasteiger partial charge in [-0.1, -0.05) is 6.92 Å². The van der Waals surface area contributed by atoms with E-state index in [-0.39, 0.29) is 11.8 Å². The van der Waals surface area contributed by atoms with Crippen molar-refractivity contribution < 1.29 is 8.42 Å². The first-order valence-corrected chi connectivity index (χ1v) is 7.69. The van der Waals surface area contributed by atoms with E-state index in [2.05, 4.69) is 6.92 Å². The van der Waals surface area contributed by atoms with E-state index in [0.29, 0.717) is 24.8 Å². The smallest absolute Gasteiger partial charge is 0.212 e. The van der Waals surface area contributed by atoms with Gasteiger partial charge in [-0.25, -0.2) is 8.42 Å². The summed E-state index contributed by atoms with van der Waals surface area (Å²) in [7, 11) is -3.08. The molecular weight excluding hydrogens is 234 g/mol. The Bertz CT molecular complexity index is 292. The molecule has 2 unspecified atom stereocenters. The molecule has 0 N–H and O–H groups in total. The molecule has 0 bridgehead atoms. The van der Waals surface area contributed by atoms with E-state index in [4.69, 9.17) is 11.6 Å². The van der Waals surface area contributed by atoms with Crippen LogP contribution in [-0.4, -0.2) is 36.9 Å². The summed E-state index contributed by atoms with van der Waals surface area (Å²) in [5.41, 5.74) is 0. The number of hydrogen-bond acceptors (Lipinski definition) is 2. The molecule has 3 nitrogen and oxygen atoms in total. The molecule has 0 aromatic carbocycles. The second kappa shape index (κ2) is 5.51. The molecule has 0 spiro atoms. The van der Waals surface area contributed by atoms with Crippen molar-refractivity contribution in [1.82, 2.24) is 4.31 Å². The Kier molecular flexibility index (Phi) is 4.87. The lowest BCUT2D eigenvalue weighted by atomic mass is 9.94. The molecule has 1 aliphatic rings. The van der Waals surface area contributed by atoms with Gasteiger partial charge in [-0.05, 0) is 32.1 Å². The summed E-state index contributed by atoms with van der Waals surface area (Å²) in [6, 6.07) is 0.138. The Morgan fingerprint density at radius 1 is 1.40 bits per heavy atom. The zero-order chi connectivity index (χ0) is 11.5. The van der Waals surface area contributed by atoms with Crippen LogP contribution < -0.4 is 0 Å². The fraction of sp³-hybridized carbons (Fsp3) is 1.00. The van der Waals surface area contributed by atoms with Crippen LogP contribution in [0.4, 0.5) is 0 Å². The van der Waals surface area contributed by atoms with Gasteiger partial charge in [0.15, 0.2) is 0 Å². The maximum absolute atomic E-state index is 12.0. The van der Waals surface area contributed by atoms with E-state index in [1.807, 2.05) is 6.92 Å². The highest BCUT2D eigenvalue weighted by molar-refractivity contribution is 7.89. The molecule has 0 aliphatic carbocycles. The Labute approximate surface area is 97.8 Å². The minimum Gasteiger partial charge on any atom is -0.212 e. The number of nitrogens with zero attached hydrogens (tertiary/aromatic N) is 1. The minimum absolute atomic E-state index is 0.138. The normalized spacial score (nSPS) is 29.3. The van der Waals surface area contributed by atoms with Crippen molar-refractivity contribution in [3.05, 3.63) is 0 Å². The van der Waals surface area contributed by atoms with E-state index in [9.17, 15) is 8.42 Å². The lowest BCUT2D eigenvalue weighted by molar-refractivity contribution is 0.202. The van der Waals surface area contributed by atoms with Crippen LogP contribution in [0, 0.1) is 5.92 Å². The summed E-state index contributed by atoms with van der Waals surface area (Å²) in [5.74, 6) is 1.06. The van der Waals surface area contributed by atoms with Gasteiger partial charge in [0, 0.05) is 18.5 Å². The third kappa shape index (κ3) is 3.33. The van der Waals surface area contributed by atoms with E-state index >= 15 is 0 Å². The van der Waals surface area contributed by atoms with Crippen molar-refractivity contribution in [2.75, 3.05) is 18.2 Å². The molecular formula is C10H20ClNO2S. The summed E-state index contributed by atoms with van der Waals surface area (Å²) in [6.07, 6.45) is 2.65. The average molecular weight is 254 g/mol. The third-order valence-electron chi connectivity index (χ3n) is 3.21. The second-order valence-electron chi connectivity index (χ2n) is 4.33. The van der Waals surface area contributed by atoms with Gasteiger partial charge in [-0.3, -0.25) is 0 Å². The van der Waals surface area contributed by atoms with Crippen molar-refractivity contribution in [1.29, 1.82) is 0 Å². The molecule has 1 fully saturated rings. The van der Waals surface area contributed by atoms with Gasteiger partial charge in [0.25, 0.3) is 0 Å². The van der Waals surface area contributed by atoms with Crippen molar-refractivity contribution in [3.63, 3.8) is 0 Å². The van der Waals surface area contributed by atoms with Crippen molar-refractivity contribution in [3.8, 4) is 0 Å². The van der Waals surface area contributed by atoms with E-state index in [1.165, 1.54) is 0 Å². The topological polar surface area (TPSA) is 37.4 Å². The fourth-order valence-electron chi connectivity index (χ4n) is 2.04. The maximum atomic E-state index is 12.0. The Morgan fingerprint density at radius 3 is 2.67 bits per heavy atom. The van der Waals surface area contributed by atoms with Crippen molar-refractivity contribution >= 4 is 21.6 Å². The first-order chi connectivity index (χ1) is 6.99. The van der Waals surface area contributed by atoms with E-state index in [1.54, 1.807) is 4.31 Å². The molecule has 90 valence electrons. The SMILES string of the molecule is CC1CCCN(S(=O)(=O)CCCCl)C1C. The molecule has 2 atom stereocenters. The zero-order valence-electron chi connectivity index (χ0n) is 9.45. The molecule has 0 amide bonds. The molecule has 1 rings (SSSR count). The standard InChI is InChI=1S/C10H20ClNO2S/c1-9-5-3-7-12(10(9)2)15(13,14)8-4-6-11/h9-10H,3-8H2,1-2H3. The Hall–Kier alpha value is 0.200. The summed E-state index contributed by atoms with van der Waals surface area (Å²) in [6.45, 7) is 4.80. The van der Waals surface area contributed by atoms with Crippen molar-refractivity contribution in [2.24, 2.45) is 5.92 Å². The maximum Gasteiger partial charge on any atom is 0.214 e. The van der Waals surface area contributed by atoms with Crippen molar-refractivity contribution in [2.45, 2.75) is 39.2 Å². The lowest BCUT2D eigenvalue weighted by Gasteiger charge is -2.36. The number of alkyl halides is 1. The number of rotatable bonds is 4. The highest BCUT2D eigenvalue weighted by Crippen LogP contribution is 2.25. The quantitative estimate of drug-likeness (QED) is 0.720. The minimum atomic E-state index is -3.08.